The summed E-state index contributed by atoms with van der Waals surface area (Å²) in [4.78, 5) is 0. The van der Waals surface area contributed by atoms with Crippen molar-refractivity contribution in [2.75, 3.05) is 27.4 Å². The lowest BCUT2D eigenvalue weighted by Gasteiger charge is -2.10. The van der Waals surface area contributed by atoms with E-state index in [9.17, 15) is 0 Å². The Labute approximate surface area is 102 Å². The Kier molecular flexibility index (Phi) is 6.23. The first-order valence-electron chi connectivity index (χ1n) is 5.23. The largest absolute Gasteiger partial charge is 0.497 e. The van der Waals surface area contributed by atoms with E-state index in [0.29, 0.717) is 6.61 Å². The van der Waals surface area contributed by atoms with Gasteiger partial charge in [-0.05, 0) is 17.7 Å². The third-order valence-corrected chi connectivity index (χ3v) is 2.46. The fourth-order valence-corrected chi connectivity index (χ4v) is 1.63. The summed E-state index contributed by atoms with van der Waals surface area (Å²) in [6.07, 6.45) is 0. The zero-order chi connectivity index (χ0) is 11.8. The van der Waals surface area contributed by atoms with E-state index < -0.39 is 0 Å². The molecule has 1 unspecified atom stereocenters. The maximum absolute atomic E-state index is 5.99. The molecule has 4 heteroatoms. The van der Waals surface area contributed by atoms with Gasteiger partial charge in [0.25, 0.3) is 0 Å². The van der Waals surface area contributed by atoms with Crippen LogP contribution in [0.1, 0.15) is 5.56 Å². The number of hydrogen-bond donors (Lipinski definition) is 1. The predicted molar refractivity (Wildman–Crippen MR) is 66.2 cm³/mol. The smallest absolute Gasteiger partial charge is 0.119 e. The minimum Gasteiger partial charge on any atom is -0.497 e. The minimum atomic E-state index is 0.00982. The van der Waals surface area contributed by atoms with Crippen LogP contribution in [0.5, 0.6) is 5.75 Å². The highest BCUT2D eigenvalue weighted by Crippen LogP contribution is 2.12. The van der Waals surface area contributed by atoms with Crippen LogP contribution in [0.2, 0.25) is 0 Å². The van der Waals surface area contributed by atoms with Gasteiger partial charge in [0.05, 0.1) is 19.1 Å². The molecule has 0 fully saturated rings. The van der Waals surface area contributed by atoms with Crippen molar-refractivity contribution in [3.63, 3.8) is 0 Å². The minimum absolute atomic E-state index is 0.00982. The van der Waals surface area contributed by atoms with Crippen LogP contribution in [0.3, 0.4) is 0 Å². The fourth-order valence-electron chi connectivity index (χ4n) is 1.40. The second kappa shape index (κ2) is 7.49. The second-order valence-electron chi connectivity index (χ2n) is 3.54. The number of halogens is 1. The Morgan fingerprint density at radius 1 is 1.38 bits per heavy atom. The van der Waals surface area contributed by atoms with Crippen LogP contribution < -0.4 is 10.1 Å². The van der Waals surface area contributed by atoms with Crippen LogP contribution in [-0.4, -0.2) is 32.7 Å². The molecule has 0 aliphatic carbocycles. The summed E-state index contributed by atoms with van der Waals surface area (Å²) in [5.41, 5.74) is 1.18. The van der Waals surface area contributed by atoms with Crippen LogP contribution >= 0.6 is 11.6 Å². The first-order chi connectivity index (χ1) is 7.76. The number of hydrogen-bond acceptors (Lipinski definition) is 3. The van der Waals surface area contributed by atoms with Gasteiger partial charge in [0.1, 0.15) is 5.75 Å². The number of nitrogens with one attached hydrogen (secondary N) is 1. The van der Waals surface area contributed by atoms with Gasteiger partial charge in [-0.3, -0.25) is 0 Å². The number of methoxy groups -OCH3 is 2. The summed E-state index contributed by atoms with van der Waals surface area (Å²) in [7, 11) is 3.32. The van der Waals surface area contributed by atoms with Crippen molar-refractivity contribution in [2.24, 2.45) is 0 Å². The highest BCUT2D eigenvalue weighted by Gasteiger charge is 2.03. The maximum atomic E-state index is 5.99. The Morgan fingerprint density at radius 2 is 2.19 bits per heavy atom. The monoisotopic (exact) mass is 243 g/mol. The topological polar surface area (TPSA) is 30.5 Å². The Bertz CT molecular complexity index is 307. The molecule has 3 nitrogen and oxygen atoms in total. The number of rotatable bonds is 7. The van der Waals surface area contributed by atoms with E-state index in [1.807, 2.05) is 18.2 Å². The van der Waals surface area contributed by atoms with Gasteiger partial charge < -0.3 is 14.8 Å². The molecular formula is C12H18ClNO2. The lowest BCUT2D eigenvalue weighted by molar-refractivity contribution is 0.197. The van der Waals surface area contributed by atoms with E-state index in [2.05, 4.69) is 11.4 Å². The zero-order valence-electron chi connectivity index (χ0n) is 9.70. The van der Waals surface area contributed by atoms with Crippen molar-refractivity contribution < 1.29 is 9.47 Å². The number of alkyl halides is 1. The van der Waals surface area contributed by atoms with Gasteiger partial charge in [0, 0.05) is 20.2 Å². The van der Waals surface area contributed by atoms with Gasteiger partial charge in [-0.2, -0.15) is 0 Å². The summed E-state index contributed by atoms with van der Waals surface area (Å²) < 4.78 is 10.1. The van der Waals surface area contributed by atoms with E-state index in [1.165, 1.54) is 5.56 Å². The highest BCUT2D eigenvalue weighted by atomic mass is 35.5. The average molecular weight is 244 g/mol. The molecule has 1 N–H and O–H groups in total. The molecule has 90 valence electrons. The maximum Gasteiger partial charge on any atom is 0.119 e. The van der Waals surface area contributed by atoms with Gasteiger partial charge in [-0.25, -0.2) is 0 Å². The van der Waals surface area contributed by atoms with E-state index >= 15 is 0 Å². The van der Waals surface area contributed by atoms with Crippen molar-refractivity contribution in [2.45, 2.75) is 11.9 Å². The molecule has 0 aliphatic rings. The normalized spacial score (nSPS) is 12.4. The SMILES string of the molecule is COCC(Cl)CNCc1cccc(OC)c1. The molecule has 1 aromatic rings. The van der Waals surface area contributed by atoms with E-state index in [-0.39, 0.29) is 5.38 Å². The summed E-state index contributed by atoms with van der Waals surface area (Å²) in [6.45, 7) is 2.07. The molecule has 0 saturated carbocycles. The lowest BCUT2D eigenvalue weighted by atomic mass is 10.2. The van der Waals surface area contributed by atoms with Gasteiger partial charge in [-0.1, -0.05) is 12.1 Å². The molecule has 0 aromatic heterocycles. The molecule has 1 aromatic carbocycles. The Balaban J connectivity index is 2.31. The molecule has 16 heavy (non-hydrogen) atoms. The molecule has 0 spiro atoms. The standard InChI is InChI=1S/C12H18ClNO2/c1-15-9-11(13)8-14-7-10-4-3-5-12(6-10)16-2/h3-6,11,14H,7-9H2,1-2H3. The molecule has 0 saturated heterocycles. The van der Waals surface area contributed by atoms with Gasteiger partial charge >= 0.3 is 0 Å². The van der Waals surface area contributed by atoms with E-state index in [0.717, 1.165) is 18.8 Å². The summed E-state index contributed by atoms with van der Waals surface area (Å²) in [6, 6.07) is 7.96. The third-order valence-electron chi connectivity index (χ3n) is 2.18. The molecule has 1 rings (SSSR count). The van der Waals surface area contributed by atoms with E-state index in [1.54, 1.807) is 14.2 Å². The average Bonchev–Trinajstić information content (AvgIpc) is 2.30. The fraction of sp³-hybridized carbons (Fsp3) is 0.500. The molecule has 1 atom stereocenters. The first kappa shape index (κ1) is 13.3. The third kappa shape index (κ3) is 4.84. The summed E-state index contributed by atoms with van der Waals surface area (Å²) in [5, 5.41) is 3.28. The van der Waals surface area contributed by atoms with Crippen LogP contribution in [0.25, 0.3) is 0 Å². The Morgan fingerprint density at radius 3 is 2.88 bits per heavy atom. The van der Waals surface area contributed by atoms with Gasteiger partial charge in [0.15, 0.2) is 0 Å². The zero-order valence-corrected chi connectivity index (χ0v) is 10.5. The summed E-state index contributed by atoms with van der Waals surface area (Å²) >= 11 is 5.99. The summed E-state index contributed by atoms with van der Waals surface area (Å²) in [5.74, 6) is 0.874. The number of ether oxygens (including phenoxy) is 2. The molecule has 0 aliphatic heterocycles. The first-order valence-corrected chi connectivity index (χ1v) is 5.66. The second-order valence-corrected chi connectivity index (χ2v) is 4.15. The van der Waals surface area contributed by atoms with Crippen molar-refractivity contribution in [3.05, 3.63) is 29.8 Å². The lowest BCUT2D eigenvalue weighted by Crippen LogP contribution is -2.25. The van der Waals surface area contributed by atoms with Crippen molar-refractivity contribution in [3.8, 4) is 5.75 Å². The molecular weight excluding hydrogens is 226 g/mol. The van der Waals surface area contributed by atoms with Crippen LogP contribution in [0, 0.1) is 0 Å². The quantitative estimate of drug-likeness (QED) is 0.744. The molecule has 0 amide bonds. The van der Waals surface area contributed by atoms with Crippen molar-refractivity contribution >= 4 is 11.6 Å². The van der Waals surface area contributed by atoms with Crippen molar-refractivity contribution in [1.29, 1.82) is 0 Å². The van der Waals surface area contributed by atoms with Crippen LogP contribution in [-0.2, 0) is 11.3 Å². The number of benzene rings is 1. The molecule has 0 heterocycles. The van der Waals surface area contributed by atoms with Crippen LogP contribution in [0.15, 0.2) is 24.3 Å². The molecule has 0 bridgehead atoms. The van der Waals surface area contributed by atoms with Crippen LogP contribution in [0.4, 0.5) is 0 Å². The predicted octanol–water partition coefficient (Wildman–Crippen LogP) is 2.04. The Hall–Kier alpha value is -0.770. The van der Waals surface area contributed by atoms with Gasteiger partial charge in [-0.15, -0.1) is 11.6 Å². The highest BCUT2D eigenvalue weighted by molar-refractivity contribution is 6.20. The van der Waals surface area contributed by atoms with Crippen molar-refractivity contribution in [1.82, 2.24) is 5.32 Å². The molecule has 0 radical (unpaired) electrons. The van der Waals surface area contributed by atoms with Gasteiger partial charge in [0.2, 0.25) is 0 Å². The van der Waals surface area contributed by atoms with E-state index in [4.69, 9.17) is 21.1 Å².